The van der Waals surface area contributed by atoms with Crippen molar-refractivity contribution in [3.05, 3.63) is 17.3 Å². The fraction of sp³-hybridized carbons (Fsp3) is 0.400. The Balaban J connectivity index is 2.54. The maximum absolute atomic E-state index is 5.94. The van der Waals surface area contributed by atoms with E-state index < -0.39 is 0 Å². The fourth-order valence-corrected chi connectivity index (χ4v) is 2.30. The first-order valence-corrected chi connectivity index (χ1v) is 5.67. The first-order valence-electron chi connectivity index (χ1n) is 4.85. The smallest absolute Gasteiger partial charge is 0.166 e. The van der Waals surface area contributed by atoms with Gasteiger partial charge in [-0.05, 0) is 26.8 Å². The Morgan fingerprint density at radius 2 is 2.20 bits per heavy atom. The van der Waals surface area contributed by atoms with Crippen LogP contribution in [-0.2, 0) is 0 Å². The molecule has 0 aromatic carbocycles. The van der Waals surface area contributed by atoms with Gasteiger partial charge >= 0.3 is 0 Å². The van der Waals surface area contributed by atoms with Crippen LogP contribution < -0.4 is 5.73 Å². The summed E-state index contributed by atoms with van der Waals surface area (Å²) >= 11 is 1.58. The molecule has 0 saturated heterocycles. The maximum Gasteiger partial charge on any atom is 0.166 e. The summed E-state index contributed by atoms with van der Waals surface area (Å²) in [6.07, 6.45) is 1.74. The van der Waals surface area contributed by atoms with Crippen molar-refractivity contribution >= 4 is 16.3 Å². The third kappa shape index (κ3) is 1.74. The number of aryl methyl sites for hydroxylation is 1. The number of nitrogen functional groups attached to an aromatic ring is 1. The molecule has 0 spiro atoms. The van der Waals surface area contributed by atoms with E-state index in [0.717, 1.165) is 16.4 Å². The van der Waals surface area contributed by atoms with Gasteiger partial charge in [-0.1, -0.05) is 0 Å². The van der Waals surface area contributed by atoms with Crippen LogP contribution in [0.2, 0.25) is 0 Å². The minimum atomic E-state index is 0.342. The molecule has 0 aliphatic rings. The van der Waals surface area contributed by atoms with Gasteiger partial charge in [0.15, 0.2) is 5.82 Å². The standard InChI is InChI=1S/C10H14N4S/c1-6(2)14-5-12-13-10(14)8-4-7(3)15-9(8)11/h4-6H,11H2,1-3H3. The van der Waals surface area contributed by atoms with Gasteiger partial charge in [0.25, 0.3) is 0 Å². The average Bonchev–Trinajstić information content (AvgIpc) is 2.71. The molecule has 0 fully saturated rings. The van der Waals surface area contributed by atoms with Gasteiger partial charge in [-0.25, -0.2) is 0 Å². The molecule has 0 saturated carbocycles. The van der Waals surface area contributed by atoms with Crippen LogP contribution in [0.1, 0.15) is 24.8 Å². The van der Waals surface area contributed by atoms with Crippen molar-refractivity contribution < 1.29 is 0 Å². The third-order valence-electron chi connectivity index (χ3n) is 2.25. The van der Waals surface area contributed by atoms with Crippen LogP contribution in [0.4, 0.5) is 5.00 Å². The predicted molar refractivity (Wildman–Crippen MR) is 62.9 cm³/mol. The molecule has 2 aromatic heterocycles. The molecular weight excluding hydrogens is 208 g/mol. The highest BCUT2D eigenvalue weighted by atomic mass is 32.1. The van der Waals surface area contributed by atoms with Crippen molar-refractivity contribution in [1.82, 2.24) is 14.8 Å². The van der Waals surface area contributed by atoms with E-state index in [1.165, 1.54) is 4.88 Å². The van der Waals surface area contributed by atoms with Crippen LogP contribution in [-0.4, -0.2) is 14.8 Å². The Morgan fingerprint density at radius 3 is 2.73 bits per heavy atom. The van der Waals surface area contributed by atoms with Crippen molar-refractivity contribution in [3.63, 3.8) is 0 Å². The van der Waals surface area contributed by atoms with Gasteiger partial charge in [-0.2, -0.15) is 0 Å². The summed E-state index contributed by atoms with van der Waals surface area (Å²) in [5.41, 5.74) is 6.93. The van der Waals surface area contributed by atoms with Crippen LogP contribution in [0.15, 0.2) is 12.4 Å². The van der Waals surface area contributed by atoms with Gasteiger partial charge in [-0.3, -0.25) is 0 Å². The summed E-state index contributed by atoms with van der Waals surface area (Å²) in [6.45, 7) is 6.24. The average molecular weight is 222 g/mol. The summed E-state index contributed by atoms with van der Waals surface area (Å²) in [5.74, 6) is 0.854. The van der Waals surface area contributed by atoms with Crippen molar-refractivity contribution in [1.29, 1.82) is 0 Å². The molecule has 0 unspecified atom stereocenters. The van der Waals surface area contributed by atoms with Crippen LogP contribution in [0.3, 0.4) is 0 Å². The van der Waals surface area contributed by atoms with Crippen LogP contribution in [0.5, 0.6) is 0 Å². The lowest BCUT2D eigenvalue weighted by molar-refractivity contribution is 0.604. The molecule has 0 aliphatic carbocycles. The second-order valence-corrected chi connectivity index (χ2v) is 5.08. The zero-order valence-electron chi connectivity index (χ0n) is 9.06. The Kier molecular flexibility index (Phi) is 2.48. The van der Waals surface area contributed by atoms with Gasteiger partial charge in [0.1, 0.15) is 6.33 Å². The predicted octanol–water partition coefficient (Wildman–Crippen LogP) is 2.48. The molecule has 4 nitrogen and oxygen atoms in total. The number of nitrogens with zero attached hydrogens (tertiary/aromatic N) is 3. The maximum atomic E-state index is 5.94. The summed E-state index contributed by atoms with van der Waals surface area (Å²) in [5, 5.41) is 8.86. The summed E-state index contributed by atoms with van der Waals surface area (Å²) in [4.78, 5) is 1.20. The molecule has 0 atom stereocenters. The zero-order chi connectivity index (χ0) is 11.0. The second-order valence-electron chi connectivity index (χ2n) is 3.79. The molecule has 2 rings (SSSR count). The Bertz CT molecular complexity index is 469. The first kappa shape index (κ1) is 10.2. The molecule has 0 aliphatic heterocycles. The third-order valence-corrected chi connectivity index (χ3v) is 3.13. The van der Waals surface area contributed by atoms with Gasteiger partial charge in [-0.15, -0.1) is 21.5 Å². The summed E-state index contributed by atoms with van der Waals surface area (Å²) < 4.78 is 2.03. The van der Waals surface area contributed by atoms with Crippen LogP contribution in [0, 0.1) is 6.92 Å². The van der Waals surface area contributed by atoms with E-state index in [1.54, 1.807) is 17.7 Å². The largest absolute Gasteiger partial charge is 0.390 e. The number of hydrogen-bond donors (Lipinski definition) is 1. The minimum Gasteiger partial charge on any atom is -0.390 e. The van der Waals surface area contributed by atoms with Crippen molar-refractivity contribution in [3.8, 4) is 11.4 Å². The monoisotopic (exact) mass is 222 g/mol. The van der Waals surface area contributed by atoms with Crippen molar-refractivity contribution in [2.24, 2.45) is 0 Å². The molecule has 80 valence electrons. The number of aromatic nitrogens is 3. The molecule has 5 heteroatoms. The molecule has 2 N–H and O–H groups in total. The van der Waals surface area contributed by atoms with E-state index >= 15 is 0 Å². The van der Waals surface area contributed by atoms with Gasteiger partial charge in [0, 0.05) is 10.9 Å². The van der Waals surface area contributed by atoms with Gasteiger partial charge in [0.05, 0.1) is 10.6 Å². The van der Waals surface area contributed by atoms with Crippen LogP contribution in [0.25, 0.3) is 11.4 Å². The lowest BCUT2D eigenvalue weighted by Gasteiger charge is -2.09. The van der Waals surface area contributed by atoms with E-state index in [0.29, 0.717) is 6.04 Å². The molecule has 15 heavy (non-hydrogen) atoms. The number of hydrogen-bond acceptors (Lipinski definition) is 4. The van der Waals surface area contributed by atoms with Gasteiger partial charge in [0.2, 0.25) is 0 Å². The number of nitrogens with two attached hydrogens (primary N) is 1. The molecule has 2 aromatic rings. The van der Waals surface area contributed by atoms with Gasteiger partial charge < -0.3 is 10.3 Å². The second kappa shape index (κ2) is 3.66. The normalized spacial score (nSPS) is 11.2. The van der Waals surface area contributed by atoms with E-state index in [-0.39, 0.29) is 0 Å². The Morgan fingerprint density at radius 1 is 1.47 bits per heavy atom. The number of thiophene rings is 1. The Hall–Kier alpha value is -1.36. The fourth-order valence-electron chi connectivity index (χ4n) is 1.52. The number of anilines is 1. The van der Waals surface area contributed by atoms with E-state index in [1.807, 2.05) is 11.5 Å². The van der Waals surface area contributed by atoms with E-state index in [4.69, 9.17) is 5.73 Å². The summed E-state index contributed by atoms with van der Waals surface area (Å²) in [6, 6.07) is 2.40. The highest BCUT2D eigenvalue weighted by molar-refractivity contribution is 7.16. The SMILES string of the molecule is Cc1cc(-c2nncn2C(C)C)c(N)s1. The topological polar surface area (TPSA) is 56.7 Å². The zero-order valence-corrected chi connectivity index (χ0v) is 9.88. The summed E-state index contributed by atoms with van der Waals surface area (Å²) in [7, 11) is 0. The van der Waals surface area contributed by atoms with Crippen LogP contribution >= 0.6 is 11.3 Å². The highest BCUT2D eigenvalue weighted by Gasteiger charge is 2.14. The quantitative estimate of drug-likeness (QED) is 0.849. The molecular formula is C10H14N4S. The first-order chi connectivity index (χ1) is 7.09. The highest BCUT2D eigenvalue weighted by Crippen LogP contribution is 2.33. The lowest BCUT2D eigenvalue weighted by Crippen LogP contribution is -2.02. The minimum absolute atomic E-state index is 0.342. The number of rotatable bonds is 2. The lowest BCUT2D eigenvalue weighted by atomic mass is 10.2. The van der Waals surface area contributed by atoms with E-state index in [2.05, 4.69) is 30.1 Å². The molecule has 2 heterocycles. The van der Waals surface area contributed by atoms with Crippen molar-refractivity contribution in [2.45, 2.75) is 26.8 Å². The Labute approximate surface area is 92.8 Å². The molecule has 0 amide bonds. The molecule has 0 radical (unpaired) electrons. The van der Waals surface area contributed by atoms with E-state index in [9.17, 15) is 0 Å². The molecule has 0 bridgehead atoms. The van der Waals surface area contributed by atoms with Crippen molar-refractivity contribution in [2.75, 3.05) is 5.73 Å².